The molecule has 8 aromatic carbocycles. The first kappa shape index (κ1) is 60.6. The molecule has 4 saturated carbocycles. The van der Waals surface area contributed by atoms with E-state index in [0.29, 0.717) is 29.6 Å². The average Bonchev–Trinajstić information content (AvgIpc) is 0.695. The molecule has 0 radical (unpaired) electrons. The molecule has 5 nitrogen and oxygen atoms in total. The van der Waals surface area contributed by atoms with Gasteiger partial charge in [-0.1, -0.05) is 265 Å². The van der Waals surface area contributed by atoms with Crippen LogP contribution in [0.15, 0.2) is 266 Å². The number of anilines is 5. The molecule has 6 aliphatic carbocycles. The summed E-state index contributed by atoms with van der Waals surface area (Å²) in [6.07, 6.45) is 32.4. The number of nitrogens with zero attached hydrogens (tertiary/aromatic N) is 4. The fraction of sp³-hybridized carbons (Fsp3) is 0.364. The summed E-state index contributed by atoms with van der Waals surface area (Å²) in [6, 6.07) is 85.6. The number of fused-ring (bicyclic) bond motifs is 8. The van der Waals surface area contributed by atoms with Gasteiger partial charge in [0.25, 0.3) is 0 Å². The van der Waals surface area contributed by atoms with Crippen LogP contribution in [0.2, 0.25) is 17.5 Å². The molecule has 96 heavy (non-hydrogen) atoms. The van der Waals surface area contributed by atoms with Crippen LogP contribution in [-0.4, -0.2) is 71.2 Å². The maximum absolute atomic E-state index is 7.83. The Bertz CT molecular complexity index is 4160. The van der Waals surface area contributed by atoms with Crippen molar-refractivity contribution in [2.45, 2.75) is 186 Å². The third-order valence-electron chi connectivity index (χ3n) is 25.2. The van der Waals surface area contributed by atoms with E-state index < -0.39 is 0 Å². The standard InChI is InChI=1S/C88H92B2N4OS/c1-88(2,3)64-48-44-62(45-49-64)72-38-19-22-41-77(72)94-79-58-84-76(89-73-39-20-23-42-78(73)93(67-35-17-8-18-36-67)81-54-71(56-85(96-84)87(81)89)91(65-31-13-6-14-32-65)66-33-15-7-16-34-66)57-75(79)90-74-40-21-24-43-82(74)95-83-55-70(53-80(94)86(83)90)92(68-50-46-61(47-51-68)59-26-9-4-10-27-59)69-37-25-30-63(52-69)60-28-11-5-12-29-60/h4,6-10,13-24,26-27,31-36,38-51,57-58,60,63,69-72,76-77,80-81,83-87H,5,11-12,25,28-30,37,52-56H2,1-3H3. The van der Waals surface area contributed by atoms with E-state index in [-0.39, 0.29) is 65.4 Å². The van der Waals surface area contributed by atoms with Crippen LogP contribution in [0.5, 0.6) is 5.75 Å². The highest BCUT2D eigenvalue weighted by Gasteiger charge is 2.63. The van der Waals surface area contributed by atoms with Gasteiger partial charge in [0.2, 0.25) is 6.71 Å². The summed E-state index contributed by atoms with van der Waals surface area (Å²) < 4.78 is 7.83. The van der Waals surface area contributed by atoms with Gasteiger partial charge >= 0.3 is 0 Å². The number of allylic oxidation sites excluding steroid dienone is 4. The van der Waals surface area contributed by atoms with E-state index >= 15 is 0 Å². The van der Waals surface area contributed by atoms with Gasteiger partial charge in [0.15, 0.2) is 6.71 Å². The lowest BCUT2D eigenvalue weighted by Gasteiger charge is -2.62. The molecule has 0 aromatic heterocycles. The molecule has 14 unspecified atom stereocenters. The van der Waals surface area contributed by atoms with Crippen molar-refractivity contribution < 1.29 is 4.74 Å². The van der Waals surface area contributed by atoms with E-state index in [2.05, 4.69) is 307 Å². The second kappa shape index (κ2) is 25.2. The summed E-state index contributed by atoms with van der Waals surface area (Å²) in [5, 5.41) is 0.669. The van der Waals surface area contributed by atoms with Gasteiger partial charge in [0.05, 0.1) is 12.1 Å². The molecular formula is C88H92B2N4OS. The second-order valence-corrected chi connectivity index (χ2v) is 32.7. The summed E-state index contributed by atoms with van der Waals surface area (Å²) in [5.74, 6) is 3.89. The third-order valence-corrected chi connectivity index (χ3v) is 26.8. The van der Waals surface area contributed by atoms with Crippen molar-refractivity contribution in [3.05, 3.63) is 277 Å². The minimum Gasteiger partial charge on any atom is -0.491 e. The molecule has 482 valence electrons. The first-order chi connectivity index (χ1) is 47.3. The average molecular weight is 1280 g/mol. The van der Waals surface area contributed by atoms with Gasteiger partial charge in [-0.25, -0.2) is 0 Å². The van der Waals surface area contributed by atoms with E-state index in [1.165, 1.54) is 125 Å². The molecule has 8 aromatic rings. The first-order valence-electron chi connectivity index (χ1n) is 37.1. The monoisotopic (exact) mass is 1270 g/mol. The highest BCUT2D eigenvalue weighted by Crippen LogP contribution is 2.62. The lowest BCUT2D eigenvalue weighted by atomic mass is 9.22. The van der Waals surface area contributed by atoms with Crippen LogP contribution in [0.3, 0.4) is 0 Å². The number of para-hydroxylation sites is 5. The van der Waals surface area contributed by atoms with Crippen molar-refractivity contribution in [1.82, 2.24) is 4.90 Å². The molecular weight excluding hydrogens is 1180 g/mol. The number of benzene rings is 8. The van der Waals surface area contributed by atoms with Crippen LogP contribution < -0.4 is 30.4 Å². The topological polar surface area (TPSA) is 22.2 Å². The molecule has 0 bridgehead atoms. The third kappa shape index (κ3) is 10.8. The van der Waals surface area contributed by atoms with E-state index in [9.17, 15) is 0 Å². The van der Waals surface area contributed by atoms with Crippen LogP contribution in [0.1, 0.15) is 121 Å². The van der Waals surface area contributed by atoms with E-state index in [0.717, 1.165) is 43.3 Å². The van der Waals surface area contributed by atoms with Gasteiger partial charge in [0.1, 0.15) is 5.75 Å². The van der Waals surface area contributed by atoms with Crippen molar-refractivity contribution in [2.75, 3.05) is 14.7 Å². The molecule has 0 N–H and O–H groups in total. The van der Waals surface area contributed by atoms with Crippen LogP contribution in [0.4, 0.5) is 28.4 Å². The highest BCUT2D eigenvalue weighted by atomic mass is 32.2. The Labute approximate surface area is 577 Å². The number of hydrogen-bond acceptors (Lipinski definition) is 6. The molecule has 4 aliphatic heterocycles. The molecule has 8 heteroatoms. The molecule has 2 saturated heterocycles. The number of rotatable bonds is 11. The first-order valence-corrected chi connectivity index (χ1v) is 38.0. The van der Waals surface area contributed by atoms with Crippen molar-refractivity contribution in [3.8, 4) is 16.9 Å². The van der Waals surface area contributed by atoms with Crippen molar-refractivity contribution in [1.29, 1.82) is 0 Å². The molecule has 0 spiro atoms. The van der Waals surface area contributed by atoms with Crippen LogP contribution >= 0.6 is 11.8 Å². The zero-order valence-electron chi connectivity index (χ0n) is 56.4. The summed E-state index contributed by atoms with van der Waals surface area (Å²) in [7, 11) is 0. The minimum absolute atomic E-state index is 0.0320. The SMILES string of the molecule is CC(C)(C)c1ccc(C2C=CC=CC2N2C3=CC4SC5CC(N(c6ccccc6)c6ccccc6)CC6C5B(c5ccccc5N6c5ccccc5)C4C=C3B3c4ccccc4OC4CC(N(c5ccc(-c6ccccc6)cc5)C5CCCC(C6CCCCC6)C5)CC2C34)cc1. The highest BCUT2D eigenvalue weighted by molar-refractivity contribution is 8.01. The van der Waals surface area contributed by atoms with Crippen LogP contribution in [0, 0.1) is 11.8 Å². The fourth-order valence-corrected chi connectivity index (χ4v) is 23.1. The number of thioether (sulfide) groups is 1. The normalized spacial score (nSPS) is 29.4. The Morgan fingerprint density at radius 3 is 1.90 bits per heavy atom. The van der Waals surface area contributed by atoms with Gasteiger partial charge in [-0.15, -0.1) is 0 Å². The Morgan fingerprint density at radius 1 is 0.510 bits per heavy atom. The minimum atomic E-state index is 0.0320. The van der Waals surface area contributed by atoms with Gasteiger partial charge < -0.3 is 24.3 Å². The second-order valence-electron chi connectivity index (χ2n) is 31.3. The van der Waals surface area contributed by atoms with Crippen molar-refractivity contribution >= 4 is 64.5 Å². The molecule has 18 rings (SSSR count). The molecule has 0 amide bonds. The predicted molar refractivity (Wildman–Crippen MR) is 406 cm³/mol. The maximum Gasteiger partial charge on any atom is 0.225 e. The lowest BCUT2D eigenvalue weighted by molar-refractivity contribution is 0.0565. The van der Waals surface area contributed by atoms with Crippen molar-refractivity contribution in [2.24, 2.45) is 11.8 Å². The summed E-state index contributed by atoms with van der Waals surface area (Å²) in [6.45, 7) is 7.60. The maximum atomic E-state index is 7.83. The van der Waals surface area contributed by atoms with Crippen LogP contribution in [0.25, 0.3) is 11.1 Å². The lowest BCUT2D eigenvalue weighted by Crippen LogP contribution is -2.69. The fourth-order valence-electron chi connectivity index (χ4n) is 21.2. The Hall–Kier alpha value is -7.80. The van der Waals surface area contributed by atoms with E-state index in [1.54, 1.807) is 5.47 Å². The Morgan fingerprint density at radius 2 is 1.16 bits per heavy atom. The van der Waals surface area contributed by atoms with E-state index in [4.69, 9.17) is 4.74 Å². The zero-order chi connectivity index (χ0) is 64.0. The molecule has 4 heterocycles. The predicted octanol–water partition coefficient (Wildman–Crippen LogP) is 19.8. The smallest absolute Gasteiger partial charge is 0.225 e. The van der Waals surface area contributed by atoms with Gasteiger partial charge in [-0.2, -0.15) is 11.8 Å². The Balaban J connectivity index is 0.808. The summed E-state index contributed by atoms with van der Waals surface area (Å²) >= 11 is 2.35. The number of ether oxygens (including phenoxy) is 1. The molecule has 14 atom stereocenters. The van der Waals surface area contributed by atoms with Crippen molar-refractivity contribution in [3.63, 3.8) is 0 Å². The largest absolute Gasteiger partial charge is 0.491 e. The van der Waals surface area contributed by atoms with Crippen LogP contribution in [-0.2, 0) is 5.41 Å². The van der Waals surface area contributed by atoms with E-state index in [1.807, 2.05) is 0 Å². The van der Waals surface area contributed by atoms with Gasteiger partial charge in [-0.3, -0.25) is 0 Å². The van der Waals surface area contributed by atoms with Gasteiger partial charge in [-0.05, 0) is 155 Å². The molecule has 6 fully saturated rings. The van der Waals surface area contributed by atoms with Gasteiger partial charge in [0, 0.05) is 93.0 Å². The number of hydrogen-bond donors (Lipinski definition) is 0. The Kier molecular flexibility index (Phi) is 15.9. The summed E-state index contributed by atoms with van der Waals surface area (Å²) in [4.78, 5) is 11.7. The molecule has 10 aliphatic rings. The summed E-state index contributed by atoms with van der Waals surface area (Å²) in [5.41, 5.74) is 18.0. The zero-order valence-corrected chi connectivity index (χ0v) is 57.2. The quantitative estimate of drug-likeness (QED) is 0.120.